The third kappa shape index (κ3) is 11.3. The van der Waals surface area contributed by atoms with Gasteiger partial charge >= 0.3 is 13.6 Å². The molecule has 1 aliphatic carbocycles. The molecule has 0 radical (unpaired) electrons. The van der Waals surface area contributed by atoms with Gasteiger partial charge in [0.15, 0.2) is 0 Å². The number of nitrogens with one attached hydrogen (secondary N) is 4. The van der Waals surface area contributed by atoms with Crippen LogP contribution >= 0.6 is 19.4 Å². The highest BCUT2D eigenvalue weighted by molar-refractivity contribution is 8.00. The van der Waals surface area contributed by atoms with Crippen molar-refractivity contribution in [2.24, 2.45) is 5.73 Å². The quantitative estimate of drug-likeness (QED) is 0.0698. The summed E-state index contributed by atoms with van der Waals surface area (Å²) < 4.78 is 24.7. The maximum Gasteiger partial charge on any atom is 0.354 e. The minimum atomic E-state index is -4.06. The van der Waals surface area contributed by atoms with E-state index in [9.17, 15) is 23.8 Å². The Morgan fingerprint density at radius 1 is 1.16 bits per heavy atom. The molecule has 14 heteroatoms. The van der Waals surface area contributed by atoms with Gasteiger partial charge in [-0.3, -0.25) is 14.2 Å². The predicted molar refractivity (Wildman–Crippen MR) is 169 cm³/mol. The van der Waals surface area contributed by atoms with Crippen molar-refractivity contribution in [1.82, 2.24) is 21.3 Å². The van der Waals surface area contributed by atoms with E-state index in [1.165, 1.54) is 6.92 Å². The number of hydrogen-bond donors (Lipinski definition) is 6. The zero-order valence-electron chi connectivity index (χ0n) is 25.8. The van der Waals surface area contributed by atoms with Crippen LogP contribution in [0, 0.1) is 0 Å². The average molecular weight is 646 g/mol. The fraction of sp³-hybridized carbons (Fsp3) is 0.828. The molecule has 2 saturated heterocycles. The standard InChI is InChI=1S/C29H52N5O7PS/c1-4-20(5-2)41-24-17-21(16-22(30)27(24)32-19(3)35)42(38,39)40-15-11-7-6-10-14-31-26(36)13-9-8-12-25-28-23(18-43-25)33-29(37)34-28/h17,20,22-25,27-28H,4-16,18,30H2,1-3H3,(H,31,36)(H,32,35)(H,38,39)(H2,33,34,37)/t22-,23-,24+,25-,27+,28-/m0/s1. The molecule has 0 saturated carbocycles. The van der Waals surface area contributed by atoms with Gasteiger partial charge in [-0.15, -0.1) is 0 Å². The molecule has 0 bridgehead atoms. The van der Waals surface area contributed by atoms with Crippen molar-refractivity contribution in [3.05, 3.63) is 11.4 Å². The van der Waals surface area contributed by atoms with Gasteiger partial charge in [0.2, 0.25) is 11.8 Å². The van der Waals surface area contributed by atoms with E-state index in [1.54, 1.807) is 6.08 Å². The molecule has 43 heavy (non-hydrogen) atoms. The molecule has 2 aliphatic heterocycles. The number of rotatable bonds is 19. The summed E-state index contributed by atoms with van der Waals surface area (Å²) in [5, 5.41) is 12.4. The number of carbonyl (C=O) groups is 3. The first-order valence-corrected chi connectivity index (χ1v) is 18.5. The van der Waals surface area contributed by atoms with Gasteiger partial charge in [0, 0.05) is 42.2 Å². The Bertz CT molecular complexity index is 1010. The Kier molecular flexibility index (Phi) is 14.8. The number of hydrogen-bond acceptors (Lipinski definition) is 8. The van der Waals surface area contributed by atoms with E-state index >= 15 is 0 Å². The van der Waals surface area contributed by atoms with Crippen LogP contribution < -0.4 is 27.0 Å². The second-order valence-corrected chi connectivity index (χ2v) is 14.9. The third-order valence-corrected chi connectivity index (χ3v) is 11.4. The fourth-order valence-electron chi connectivity index (χ4n) is 5.88. The van der Waals surface area contributed by atoms with E-state index in [-0.39, 0.29) is 54.4 Å². The topological polar surface area (TPSA) is 181 Å². The van der Waals surface area contributed by atoms with Crippen molar-refractivity contribution in [1.29, 1.82) is 0 Å². The molecule has 1 unspecified atom stereocenters. The molecule has 7 N–H and O–H groups in total. The minimum absolute atomic E-state index is 0.0573. The lowest BCUT2D eigenvalue weighted by Gasteiger charge is -2.37. The van der Waals surface area contributed by atoms with E-state index in [0.717, 1.165) is 57.1 Å². The highest BCUT2D eigenvalue weighted by atomic mass is 32.2. The molecular formula is C29H52N5O7PS. The highest BCUT2D eigenvalue weighted by Gasteiger charge is 2.42. The maximum absolute atomic E-state index is 13.1. The summed E-state index contributed by atoms with van der Waals surface area (Å²) >= 11 is 1.89. The van der Waals surface area contributed by atoms with Gasteiger partial charge in [-0.1, -0.05) is 33.1 Å². The summed E-state index contributed by atoms with van der Waals surface area (Å²) in [6, 6.07) is -0.690. The maximum atomic E-state index is 13.1. The van der Waals surface area contributed by atoms with Crippen LogP contribution in [-0.4, -0.2) is 83.3 Å². The highest BCUT2D eigenvalue weighted by Crippen LogP contribution is 2.54. The first kappa shape index (κ1) is 35.8. The first-order valence-electron chi connectivity index (χ1n) is 15.9. The summed E-state index contributed by atoms with van der Waals surface area (Å²) in [4.78, 5) is 46.1. The molecule has 0 aromatic rings. The predicted octanol–water partition coefficient (Wildman–Crippen LogP) is 3.28. The normalized spacial score (nSPS) is 28.0. The summed E-state index contributed by atoms with van der Waals surface area (Å²) in [5.74, 6) is 0.775. The van der Waals surface area contributed by atoms with Crippen molar-refractivity contribution in [2.75, 3.05) is 18.9 Å². The first-order chi connectivity index (χ1) is 20.5. The van der Waals surface area contributed by atoms with Crippen molar-refractivity contribution >= 4 is 37.2 Å². The van der Waals surface area contributed by atoms with Crippen LogP contribution in [0.5, 0.6) is 0 Å². The van der Waals surface area contributed by atoms with Gasteiger partial charge in [-0.2, -0.15) is 11.8 Å². The number of unbranched alkanes of at least 4 members (excludes halogenated alkanes) is 4. The van der Waals surface area contributed by atoms with Gasteiger partial charge in [0.25, 0.3) is 0 Å². The number of amides is 4. The molecule has 0 spiro atoms. The summed E-state index contributed by atoms with van der Waals surface area (Å²) in [7, 11) is -4.06. The fourth-order valence-corrected chi connectivity index (χ4v) is 8.74. The number of nitrogens with two attached hydrogens (primary N) is 1. The third-order valence-electron chi connectivity index (χ3n) is 8.35. The lowest BCUT2D eigenvalue weighted by atomic mass is 9.93. The monoisotopic (exact) mass is 645 g/mol. The van der Waals surface area contributed by atoms with Crippen LogP contribution in [0.25, 0.3) is 0 Å². The van der Waals surface area contributed by atoms with E-state index in [2.05, 4.69) is 21.3 Å². The van der Waals surface area contributed by atoms with Gasteiger partial charge in [0.05, 0.1) is 36.9 Å². The largest absolute Gasteiger partial charge is 0.369 e. The molecule has 3 rings (SSSR count). The van der Waals surface area contributed by atoms with Crippen LogP contribution in [-0.2, 0) is 23.4 Å². The number of ether oxygens (including phenoxy) is 1. The van der Waals surface area contributed by atoms with E-state index in [4.69, 9.17) is 15.0 Å². The smallest absolute Gasteiger partial charge is 0.354 e. The molecule has 3 aliphatic rings. The van der Waals surface area contributed by atoms with Gasteiger partial charge in [0.1, 0.15) is 0 Å². The van der Waals surface area contributed by atoms with Gasteiger partial charge in [-0.05, 0) is 51.0 Å². The van der Waals surface area contributed by atoms with E-state index < -0.39 is 25.8 Å². The summed E-state index contributed by atoms with van der Waals surface area (Å²) in [6.45, 7) is 6.18. The lowest BCUT2D eigenvalue weighted by Crippen LogP contribution is -2.56. The number of fused-ring (bicyclic) bond motifs is 1. The van der Waals surface area contributed by atoms with Crippen LogP contribution in [0.4, 0.5) is 4.79 Å². The minimum Gasteiger partial charge on any atom is -0.369 e. The molecule has 12 nitrogen and oxygen atoms in total. The van der Waals surface area contributed by atoms with Crippen LogP contribution in [0.2, 0.25) is 0 Å². The molecule has 4 amide bonds. The van der Waals surface area contributed by atoms with Gasteiger partial charge in [-0.25, -0.2) is 4.79 Å². The zero-order chi connectivity index (χ0) is 31.4. The number of thioether (sulfide) groups is 1. The molecule has 2 heterocycles. The SMILES string of the molecule is CCC(CC)O[C@@H]1C=C(P(=O)(O)OCCCCCCNC(=O)CCCC[C@@H]2SC[C@@H]3NC(=O)N[C@@H]32)C[C@H](N)[C@H]1NC(C)=O. The van der Waals surface area contributed by atoms with Crippen molar-refractivity contribution < 1.29 is 33.1 Å². The number of urea groups is 1. The molecule has 0 aromatic heterocycles. The Labute approximate surface area is 260 Å². The van der Waals surface area contributed by atoms with Crippen molar-refractivity contribution in [3.63, 3.8) is 0 Å². The summed E-state index contributed by atoms with van der Waals surface area (Å²) in [5.41, 5.74) is 6.32. The Morgan fingerprint density at radius 2 is 1.91 bits per heavy atom. The molecule has 246 valence electrons. The lowest BCUT2D eigenvalue weighted by molar-refractivity contribution is -0.122. The molecule has 7 atom stereocenters. The van der Waals surface area contributed by atoms with Crippen LogP contribution in [0.3, 0.4) is 0 Å². The Hall–Kier alpha value is -1.63. The second-order valence-electron chi connectivity index (χ2n) is 11.8. The molecule has 0 aromatic carbocycles. The van der Waals surface area contributed by atoms with Crippen LogP contribution in [0.1, 0.15) is 91.4 Å². The average Bonchev–Trinajstić information content (AvgIpc) is 3.51. The van der Waals surface area contributed by atoms with E-state index in [0.29, 0.717) is 24.6 Å². The zero-order valence-corrected chi connectivity index (χ0v) is 27.6. The molecular weight excluding hydrogens is 593 g/mol. The van der Waals surface area contributed by atoms with Crippen molar-refractivity contribution in [2.45, 2.75) is 133 Å². The Balaban J connectivity index is 1.28. The van der Waals surface area contributed by atoms with Crippen LogP contribution in [0.15, 0.2) is 11.4 Å². The second kappa shape index (κ2) is 17.8. The van der Waals surface area contributed by atoms with Crippen molar-refractivity contribution in [3.8, 4) is 0 Å². The summed E-state index contributed by atoms with van der Waals surface area (Å²) in [6.07, 6.45) is 9.06. The van der Waals surface area contributed by atoms with E-state index in [1.807, 2.05) is 25.6 Å². The Morgan fingerprint density at radius 3 is 2.63 bits per heavy atom. The van der Waals surface area contributed by atoms with Gasteiger partial charge < -0.3 is 41.2 Å². The molecule has 2 fully saturated rings. The number of carbonyl (C=O) groups excluding carboxylic acids is 3.